The molecule has 1 amide bonds. The van der Waals surface area contributed by atoms with Crippen LogP contribution in [0.15, 0.2) is 18.2 Å². The van der Waals surface area contributed by atoms with Crippen molar-refractivity contribution in [2.24, 2.45) is 5.92 Å². The van der Waals surface area contributed by atoms with Crippen LogP contribution in [-0.4, -0.2) is 40.7 Å². The number of rotatable bonds is 3. The van der Waals surface area contributed by atoms with Crippen molar-refractivity contribution in [3.8, 4) is 5.75 Å². The molecule has 1 heterocycles. The second-order valence-corrected chi connectivity index (χ2v) is 5.75. The number of phenols is 1. The summed E-state index contributed by atoms with van der Waals surface area (Å²) in [4.78, 5) is 14.0. The second-order valence-electron chi connectivity index (χ2n) is 4.58. The first-order valence-corrected chi connectivity index (χ1v) is 7.08. The maximum absolute atomic E-state index is 12.2. The SMILES string of the molecule is O=C(c1ccc(I)c(O)c1)N1CCC(CCO)C1. The normalized spacial score (nSPS) is 19.2. The number of aliphatic hydroxyl groups excluding tert-OH is 1. The molecule has 1 fully saturated rings. The lowest BCUT2D eigenvalue weighted by Gasteiger charge is -2.16. The maximum atomic E-state index is 12.2. The lowest BCUT2D eigenvalue weighted by atomic mass is 10.1. The number of carbonyl (C=O) groups is 1. The van der Waals surface area contributed by atoms with Gasteiger partial charge in [-0.2, -0.15) is 0 Å². The van der Waals surface area contributed by atoms with Crippen LogP contribution in [-0.2, 0) is 0 Å². The predicted octanol–water partition coefficient (Wildman–Crippen LogP) is 1.84. The van der Waals surface area contributed by atoms with Gasteiger partial charge in [0, 0.05) is 25.3 Å². The lowest BCUT2D eigenvalue weighted by molar-refractivity contribution is 0.0784. The van der Waals surface area contributed by atoms with E-state index in [2.05, 4.69) is 0 Å². The summed E-state index contributed by atoms with van der Waals surface area (Å²) >= 11 is 2.02. The van der Waals surface area contributed by atoms with Crippen molar-refractivity contribution >= 4 is 28.5 Å². The minimum atomic E-state index is -0.0397. The molecule has 98 valence electrons. The highest BCUT2D eigenvalue weighted by molar-refractivity contribution is 14.1. The molecule has 0 radical (unpaired) electrons. The van der Waals surface area contributed by atoms with Crippen LogP contribution in [0.3, 0.4) is 0 Å². The van der Waals surface area contributed by atoms with Crippen molar-refractivity contribution in [2.45, 2.75) is 12.8 Å². The maximum Gasteiger partial charge on any atom is 0.253 e. The highest BCUT2D eigenvalue weighted by Crippen LogP contribution is 2.24. The Bertz CT molecular complexity index is 450. The van der Waals surface area contributed by atoms with Crippen LogP contribution in [0.1, 0.15) is 23.2 Å². The molecule has 2 N–H and O–H groups in total. The second kappa shape index (κ2) is 5.88. The third kappa shape index (κ3) is 2.95. The minimum absolute atomic E-state index is 0.0397. The van der Waals surface area contributed by atoms with Gasteiger partial charge in [0.25, 0.3) is 5.91 Å². The molecule has 0 saturated carbocycles. The number of phenolic OH excluding ortho intramolecular Hbond substituents is 1. The fourth-order valence-corrected chi connectivity index (χ4v) is 2.60. The summed E-state index contributed by atoms with van der Waals surface area (Å²) in [7, 11) is 0. The Morgan fingerprint density at radius 3 is 2.94 bits per heavy atom. The zero-order valence-electron chi connectivity index (χ0n) is 9.97. The van der Waals surface area contributed by atoms with E-state index in [-0.39, 0.29) is 18.3 Å². The molecule has 1 aromatic carbocycles. The Balaban J connectivity index is 2.05. The fourth-order valence-electron chi connectivity index (χ4n) is 2.26. The predicted molar refractivity (Wildman–Crippen MR) is 76.5 cm³/mol. The number of nitrogens with zero attached hydrogens (tertiary/aromatic N) is 1. The first-order chi connectivity index (χ1) is 8.61. The zero-order valence-corrected chi connectivity index (χ0v) is 12.1. The standard InChI is InChI=1S/C13H16INO3/c14-11-2-1-10(7-12(11)17)13(18)15-5-3-9(8-15)4-6-16/h1-2,7,9,16-17H,3-6,8H2. The van der Waals surface area contributed by atoms with Crippen molar-refractivity contribution in [1.29, 1.82) is 0 Å². The smallest absolute Gasteiger partial charge is 0.253 e. The number of likely N-dealkylation sites (tertiary alicyclic amines) is 1. The molecular formula is C13H16INO3. The van der Waals surface area contributed by atoms with Crippen molar-refractivity contribution in [3.63, 3.8) is 0 Å². The van der Waals surface area contributed by atoms with Crippen molar-refractivity contribution in [3.05, 3.63) is 27.3 Å². The summed E-state index contributed by atoms with van der Waals surface area (Å²) in [5.74, 6) is 0.506. The monoisotopic (exact) mass is 361 g/mol. The molecule has 1 atom stereocenters. The third-order valence-electron chi connectivity index (χ3n) is 3.30. The third-order valence-corrected chi connectivity index (χ3v) is 4.22. The minimum Gasteiger partial charge on any atom is -0.507 e. The molecule has 5 heteroatoms. The number of carbonyl (C=O) groups excluding carboxylic acids is 1. The molecule has 0 aliphatic carbocycles. The van der Waals surface area contributed by atoms with E-state index in [1.54, 1.807) is 17.0 Å². The van der Waals surface area contributed by atoms with Gasteiger partial charge in [-0.3, -0.25) is 4.79 Å². The fraction of sp³-hybridized carbons (Fsp3) is 0.462. The van der Waals surface area contributed by atoms with E-state index in [0.29, 0.717) is 18.0 Å². The number of halogens is 1. The molecule has 2 rings (SSSR count). The number of amides is 1. The van der Waals surface area contributed by atoms with Gasteiger partial charge in [-0.15, -0.1) is 0 Å². The van der Waals surface area contributed by atoms with E-state index in [9.17, 15) is 9.90 Å². The zero-order chi connectivity index (χ0) is 13.1. The molecule has 0 spiro atoms. The van der Waals surface area contributed by atoms with Crippen LogP contribution in [0.5, 0.6) is 5.75 Å². The Hall–Kier alpha value is -0.820. The quantitative estimate of drug-likeness (QED) is 0.808. The largest absolute Gasteiger partial charge is 0.507 e. The summed E-state index contributed by atoms with van der Waals surface area (Å²) in [6.45, 7) is 1.61. The van der Waals surface area contributed by atoms with E-state index < -0.39 is 0 Å². The summed E-state index contributed by atoms with van der Waals surface area (Å²) in [6.07, 6.45) is 1.70. The summed E-state index contributed by atoms with van der Waals surface area (Å²) in [6, 6.07) is 5.00. The summed E-state index contributed by atoms with van der Waals surface area (Å²) in [5, 5.41) is 18.5. The summed E-state index contributed by atoms with van der Waals surface area (Å²) in [5.41, 5.74) is 0.526. The van der Waals surface area contributed by atoms with Gasteiger partial charge in [0.15, 0.2) is 0 Å². The van der Waals surface area contributed by atoms with Gasteiger partial charge >= 0.3 is 0 Å². The van der Waals surface area contributed by atoms with Gasteiger partial charge in [0.1, 0.15) is 5.75 Å². The molecule has 1 aliphatic heterocycles. The van der Waals surface area contributed by atoms with Gasteiger partial charge in [0.05, 0.1) is 3.57 Å². The molecule has 1 unspecified atom stereocenters. The van der Waals surface area contributed by atoms with Gasteiger partial charge in [-0.25, -0.2) is 0 Å². The summed E-state index contributed by atoms with van der Waals surface area (Å²) < 4.78 is 0.740. The van der Waals surface area contributed by atoms with E-state index in [1.807, 2.05) is 22.6 Å². The van der Waals surface area contributed by atoms with Crippen LogP contribution in [0.4, 0.5) is 0 Å². The lowest BCUT2D eigenvalue weighted by Crippen LogP contribution is -2.28. The molecule has 18 heavy (non-hydrogen) atoms. The average Bonchev–Trinajstić information content (AvgIpc) is 2.81. The number of aliphatic hydroxyl groups is 1. The number of aromatic hydroxyl groups is 1. The van der Waals surface area contributed by atoms with Gasteiger partial charge in [-0.05, 0) is 59.5 Å². The Morgan fingerprint density at radius 2 is 2.28 bits per heavy atom. The van der Waals surface area contributed by atoms with E-state index in [4.69, 9.17) is 5.11 Å². The number of hydrogen-bond acceptors (Lipinski definition) is 3. The van der Waals surface area contributed by atoms with Crippen LogP contribution < -0.4 is 0 Å². The number of benzene rings is 1. The first kappa shape index (κ1) is 13.6. The van der Waals surface area contributed by atoms with Crippen molar-refractivity contribution in [1.82, 2.24) is 4.90 Å². The van der Waals surface area contributed by atoms with E-state index in [1.165, 1.54) is 6.07 Å². The van der Waals surface area contributed by atoms with Crippen molar-refractivity contribution < 1.29 is 15.0 Å². The molecular weight excluding hydrogens is 345 g/mol. The Labute approximate surface area is 120 Å². The molecule has 1 aromatic rings. The molecule has 4 nitrogen and oxygen atoms in total. The topological polar surface area (TPSA) is 60.8 Å². The molecule has 0 aromatic heterocycles. The van der Waals surface area contributed by atoms with Crippen LogP contribution in [0, 0.1) is 9.49 Å². The molecule has 1 aliphatic rings. The van der Waals surface area contributed by atoms with Crippen LogP contribution in [0.2, 0.25) is 0 Å². The molecule has 0 bridgehead atoms. The first-order valence-electron chi connectivity index (χ1n) is 6.00. The highest BCUT2D eigenvalue weighted by atomic mass is 127. The van der Waals surface area contributed by atoms with Gasteiger partial charge in [-0.1, -0.05) is 0 Å². The van der Waals surface area contributed by atoms with Crippen LogP contribution in [0.25, 0.3) is 0 Å². The van der Waals surface area contributed by atoms with Crippen LogP contribution >= 0.6 is 22.6 Å². The molecule has 1 saturated heterocycles. The Morgan fingerprint density at radius 1 is 1.50 bits per heavy atom. The van der Waals surface area contributed by atoms with Gasteiger partial charge < -0.3 is 15.1 Å². The van der Waals surface area contributed by atoms with E-state index >= 15 is 0 Å². The van der Waals surface area contributed by atoms with Gasteiger partial charge in [0.2, 0.25) is 0 Å². The Kier molecular flexibility index (Phi) is 4.45. The van der Waals surface area contributed by atoms with Crippen molar-refractivity contribution in [2.75, 3.05) is 19.7 Å². The number of hydrogen-bond donors (Lipinski definition) is 2. The average molecular weight is 361 g/mol. The van der Waals surface area contributed by atoms with E-state index in [0.717, 1.165) is 23.0 Å². The highest BCUT2D eigenvalue weighted by Gasteiger charge is 2.26.